The Morgan fingerprint density at radius 3 is 2.63 bits per heavy atom. The Morgan fingerprint density at radius 1 is 0.947 bits per heavy atom. The molecule has 0 amide bonds. The molecule has 0 saturated carbocycles. The summed E-state index contributed by atoms with van der Waals surface area (Å²) in [4.78, 5) is 18.1. The lowest BCUT2D eigenvalue weighted by atomic mass is 10.1. The van der Waals surface area contributed by atoms with Crippen LogP contribution in [0.15, 0.2) is 71.5 Å². The summed E-state index contributed by atoms with van der Waals surface area (Å²) in [5.74, 6) is 1.74. The van der Waals surface area contributed by atoms with E-state index in [4.69, 9.17) is 9.47 Å². The molecule has 9 nitrogen and oxygen atoms in total. The van der Waals surface area contributed by atoms with Crippen LogP contribution in [0.4, 0.5) is 4.39 Å². The predicted molar refractivity (Wildman–Crippen MR) is 138 cm³/mol. The van der Waals surface area contributed by atoms with Gasteiger partial charge in [-0.3, -0.25) is 9.69 Å². The molecule has 0 atom stereocenters. The van der Waals surface area contributed by atoms with Crippen LogP contribution >= 0.6 is 0 Å². The van der Waals surface area contributed by atoms with Gasteiger partial charge in [-0.2, -0.15) is 0 Å². The number of aryl methyl sites for hydroxylation is 1. The Kier molecular flexibility index (Phi) is 6.30. The second-order valence-electron chi connectivity index (χ2n) is 9.43. The van der Waals surface area contributed by atoms with E-state index < -0.39 is 0 Å². The van der Waals surface area contributed by atoms with Crippen LogP contribution in [0.25, 0.3) is 10.9 Å². The summed E-state index contributed by atoms with van der Waals surface area (Å²) in [5, 5.41) is 13.2. The number of benzene rings is 3. The van der Waals surface area contributed by atoms with Gasteiger partial charge in [-0.1, -0.05) is 29.8 Å². The van der Waals surface area contributed by atoms with Gasteiger partial charge in [0.1, 0.15) is 5.82 Å². The third kappa shape index (κ3) is 5.12. The highest BCUT2D eigenvalue weighted by molar-refractivity contribution is 5.79. The van der Waals surface area contributed by atoms with Crippen LogP contribution in [0.1, 0.15) is 28.1 Å². The molecule has 1 aliphatic heterocycles. The molecular formula is C28H25FN6O3. The quantitative estimate of drug-likeness (QED) is 0.336. The lowest BCUT2D eigenvalue weighted by Crippen LogP contribution is -2.28. The molecule has 1 N–H and O–H groups in total. The molecule has 1 aliphatic rings. The number of tetrazole rings is 1. The zero-order valence-corrected chi connectivity index (χ0v) is 20.7. The third-order valence-corrected chi connectivity index (χ3v) is 6.53. The van der Waals surface area contributed by atoms with E-state index in [9.17, 15) is 9.18 Å². The third-order valence-electron chi connectivity index (χ3n) is 6.53. The SMILES string of the molecule is Cc1ccc2[nH]c(=O)c(CN(Cc3ccc4c(c3)OCO4)Cc3nnnn3Cc3ccc(F)cc3)cc2c1. The van der Waals surface area contributed by atoms with Crippen molar-refractivity contribution in [1.29, 1.82) is 0 Å². The lowest BCUT2D eigenvalue weighted by Gasteiger charge is -2.22. The number of hydrogen-bond donors (Lipinski definition) is 1. The number of fused-ring (bicyclic) bond motifs is 2. The van der Waals surface area contributed by atoms with Crippen molar-refractivity contribution in [2.24, 2.45) is 0 Å². The van der Waals surface area contributed by atoms with Gasteiger partial charge < -0.3 is 14.5 Å². The number of halogens is 1. The number of aromatic nitrogens is 5. The average Bonchev–Trinajstić information content (AvgIpc) is 3.55. The van der Waals surface area contributed by atoms with Gasteiger partial charge in [0, 0.05) is 24.2 Å². The van der Waals surface area contributed by atoms with Gasteiger partial charge in [0.2, 0.25) is 6.79 Å². The van der Waals surface area contributed by atoms with Crippen molar-refractivity contribution in [2.45, 2.75) is 33.1 Å². The van der Waals surface area contributed by atoms with Gasteiger partial charge in [-0.05, 0) is 76.3 Å². The molecule has 5 aromatic rings. The van der Waals surface area contributed by atoms with Gasteiger partial charge in [0.15, 0.2) is 17.3 Å². The van der Waals surface area contributed by atoms with E-state index in [0.717, 1.165) is 27.6 Å². The van der Waals surface area contributed by atoms with Crippen molar-refractivity contribution in [3.8, 4) is 11.5 Å². The standard InChI is InChI=1S/C28H25FN6O3/c1-18-2-8-24-21(10-18)12-22(28(36)30-24)15-34(13-20-5-9-25-26(11-20)38-17-37-25)16-27-31-32-33-35(27)14-19-3-6-23(29)7-4-19/h2-12H,13-17H2,1H3,(H,30,36). The van der Waals surface area contributed by atoms with Crippen molar-refractivity contribution in [1.82, 2.24) is 30.1 Å². The van der Waals surface area contributed by atoms with Crippen molar-refractivity contribution >= 4 is 10.9 Å². The molecular weight excluding hydrogens is 487 g/mol. The van der Waals surface area contributed by atoms with Crippen LogP contribution in [-0.4, -0.2) is 36.9 Å². The van der Waals surface area contributed by atoms with Crippen molar-refractivity contribution in [3.63, 3.8) is 0 Å². The Hall–Kier alpha value is -4.57. The summed E-state index contributed by atoms with van der Waals surface area (Å²) in [6.07, 6.45) is 0. The minimum atomic E-state index is -0.295. The highest BCUT2D eigenvalue weighted by Gasteiger charge is 2.19. The molecule has 0 bridgehead atoms. The summed E-state index contributed by atoms with van der Waals surface area (Å²) < 4.78 is 26.1. The fourth-order valence-corrected chi connectivity index (χ4v) is 4.62. The zero-order valence-electron chi connectivity index (χ0n) is 20.7. The summed E-state index contributed by atoms with van der Waals surface area (Å²) >= 11 is 0. The zero-order chi connectivity index (χ0) is 26.1. The fraction of sp³-hybridized carbons (Fsp3) is 0.214. The van der Waals surface area contributed by atoms with Crippen LogP contribution in [0, 0.1) is 12.7 Å². The molecule has 0 fully saturated rings. The first-order valence-electron chi connectivity index (χ1n) is 12.2. The molecule has 38 heavy (non-hydrogen) atoms. The highest BCUT2D eigenvalue weighted by atomic mass is 19.1. The van der Waals surface area contributed by atoms with Crippen LogP contribution in [-0.2, 0) is 26.2 Å². The molecule has 3 aromatic carbocycles. The molecule has 0 aliphatic carbocycles. The van der Waals surface area contributed by atoms with Gasteiger partial charge in [-0.25, -0.2) is 9.07 Å². The molecule has 0 spiro atoms. The van der Waals surface area contributed by atoms with E-state index in [2.05, 4.69) is 31.5 Å². The number of nitrogens with one attached hydrogen (secondary N) is 1. The Balaban J connectivity index is 1.30. The number of hydrogen-bond acceptors (Lipinski definition) is 7. The van der Waals surface area contributed by atoms with Crippen LogP contribution in [0.3, 0.4) is 0 Å². The lowest BCUT2D eigenvalue weighted by molar-refractivity contribution is 0.174. The number of nitrogens with zero attached hydrogens (tertiary/aromatic N) is 5. The Labute approximate surface area is 217 Å². The molecule has 0 unspecified atom stereocenters. The van der Waals surface area contributed by atoms with E-state index in [1.807, 2.05) is 43.3 Å². The molecule has 3 heterocycles. The maximum absolute atomic E-state index is 13.4. The fourth-order valence-electron chi connectivity index (χ4n) is 4.62. The first-order valence-corrected chi connectivity index (χ1v) is 12.2. The van der Waals surface area contributed by atoms with Crippen molar-refractivity contribution in [3.05, 3.63) is 111 Å². The molecule has 192 valence electrons. The number of rotatable bonds is 8. The summed E-state index contributed by atoms with van der Waals surface area (Å²) in [5.41, 5.74) is 4.30. The minimum Gasteiger partial charge on any atom is -0.454 e. The van der Waals surface area contributed by atoms with Crippen LogP contribution in [0.5, 0.6) is 11.5 Å². The van der Waals surface area contributed by atoms with Crippen molar-refractivity contribution < 1.29 is 13.9 Å². The molecule has 0 saturated heterocycles. The van der Waals surface area contributed by atoms with Crippen LogP contribution in [0.2, 0.25) is 0 Å². The second kappa shape index (κ2) is 10.1. The van der Waals surface area contributed by atoms with E-state index in [-0.39, 0.29) is 18.2 Å². The number of pyridine rings is 1. The monoisotopic (exact) mass is 512 g/mol. The van der Waals surface area contributed by atoms with Gasteiger partial charge in [-0.15, -0.1) is 5.10 Å². The normalized spacial score (nSPS) is 12.5. The topological polar surface area (TPSA) is 98.2 Å². The smallest absolute Gasteiger partial charge is 0.252 e. The molecule has 10 heteroatoms. The van der Waals surface area contributed by atoms with E-state index in [1.54, 1.807) is 16.8 Å². The summed E-state index contributed by atoms with van der Waals surface area (Å²) in [6.45, 7) is 3.90. The molecule has 6 rings (SSSR count). The van der Waals surface area contributed by atoms with E-state index >= 15 is 0 Å². The first kappa shape index (κ1) is 23.8. The Bertz CT molecular complexity index is 1660. The van der Waals surface area contributed by atoms with Crippen molar-refractivity contribution in [2.75, 3.05) is 6.79 Å². The molecule has 2 aromatic heterocycles. The van der Waals surface area contributed by atoms with Gasteiger partial charge >= 0.3 is 0 Å². The van der Waals surface area contributed by atoms with Crippen LogP contribution < -0.4 is 15.0 Å². The molecule has 0 radical (unpaired) electrons. The number of aromatic amines is 1. The van der Waals surface area contributed by atoms with E-state index in [0.29, 0.717) is 49.1 Å². The average molecular weight is 513 g/mol. The van der Waals surface area contributed by atoms with Gasteiger partial charge in [0.05, 0.1) is 13.1 Å². The van der Waals surface area contributed by atoms with E-state index in [1.165, 1.54) is 12.1 Å². The predicted octanol–water partition coefficient (Wildman–Crippen LogP) is 3.94. The largest absolute Gasteiger partial charge is 0.454 e. The Morgan fingerprint density at radius 2 is 1.76 bits per heavy atom. The highest BCUT2D eigenvalue weighted by Crippen LogP contribution is 2.33. The minimum absolute atomic E-state index is 0.136. The maximum Gasteiger partial charge on any atom is 0.252 e. The second-order valence-corrected chi connectivity index (χ2v) is 9.43. The maximum atomic E-state index is 13.4. The van der Waals surface area contributed by atoms with Gasteiger partial charge in [0.25, 0.3) is 5.56 Å². The summed E-state index contributed by atoms with van der Waals surface area (Å²) in [7, 11) is 0. The number of H-pyrrole nitrogens is 1. The number of ether oxygens (including phenoxy) is 2. The summed E-state index contributed by atoms with van der Waals surface area (Å²) in [6, 6.07) is 20.0. The first-order chi connectivity index (χ1) is 18.5.